The molecule has 0 aliphatic rings. The van der Waals surface area contributed by atoms with Crippen molar-refractivity contribution in [3.05, 3.63) is 52.4 Å². The predicted molar refractivity (Wildman–Crippen MR) is 82.8 cm³/mol. The number of aryl methyl sites for hydroxylation is 2. The number of carbonyl (C=O) groups excluding carboxylic acids is 1. The molecule has 0 fully saturated rings. The molecule has 2 aromatic heterocycles. The fourth-order valence-corrected chi connectivity index (χ4v) is 2.28. The van der Waals surface area contributed by atoms with Crippen molar-refractivity contribution in [1.29, 1.82) is 0 Å². The summed E-state index contributed by atoms with van der Waals surface area (Å²) >= 11 is 0. The number of benzene rings is 1. The molecule has 0 bridgehead atoms. The summed E-state index contributed by atoms with van der Waals surface area (Å²) in [5.41, 5.74) is 1.66. The zero-order valence-corrected chi connectivity index (χ0v) is 12.3. The molecule has 0 aliphatic carbocycles. The zero-order valence-electron chi connectivity index (χ0n) is 12.3. The van der Waals surface area contributed by atoms with Gasteiger partial charge in [-0.2, -0.15) is 5.10 Å². The van der Waals surface area contributed by atoms with E-state index in [0.717, 1.165) is 15.7 Å². The molecule has 0 saturated heterocycles. The summed E-state index contributed by atoms with van der Waals surface area (Å²) in [5, 5.41) is 6.68. The fourth-order valence-electron chi connectivity index (χ4n) is 2.28. The Morgan fingerprint density at radius 3 is 2.73 bits per heavy atom. The second-order valence-electron chi connectivity index (χ2n) is 4.80. The van der Waals surface area contributed by atoms with E-state index in [0.29, 0.717) is 12.5 Å². The van der Waals surface area contributed by atoms with Gasteiger partial charge in [-0.3, -0.25) is 14.9 Å². The Kier molecular flexibility index (Phi) is 3.46. The van der Waals surface area contributed by atoms with Gasteiger partial charge in [0.25, 0.3) is 11.5 Å². The number of rotatable bonds is 3. The molecular weight excluding hydrogens is 282 g/mol. The Morgan fingerprint density at radius 1 is 1.23 bits per heavy atom. The minimum Gasteiger partial charge on any atom is -0.310 e. The summed E-state index contributed by atoms with van der Waals surface area (Å²) < 4.78 is 3.03. The van der Waals surface area contributed by atoms with Crippen LogP contribution in [0.2, 0.25) is 0 Å². The van der Waals surface area contributed by atoms with Crippen molar-refractivity contribution >= 4 is 22.9 Å². The Morgan fingerprint density at radius 2 is 2.00 bits per heavy atom. The number of hydrogen-bond donors (Lipinski definition) is 1. The van der Waals surface area contributed by atoms with Crippen molar-refractivity contribution in [2.24, 2.45) is 7.05 Å². The van der Waals surface area contributed by atoms with Crippen molar-refractivity contribution in [3.8, 4) is 0 Å². The molecule has 1 amide bonds. The summed E-state index contributed by atoms with van der Waals surface area (Å²) in [6, 6.07) is 10.4. The van der Waals surface area contributed by atoms with Gasteiger partial charge in [0.15, 0.2) is 0 Å². The number of fused-ring (bicyclic) bond motifs is 1. The number of anilines is 1. The first-order chi connectivity index (χ1) is 10.6. The monoisotopic (exact) mass is 297 g/mol. The van der Waals surface area contributed by atoms with Gasteiger partial charge in [-0.1, -0.05) is 12.1 Å². The lowest BCUT2D eigenvalue weighted by atomic mass is 10.3. The van der Waals surface area contributed by atoms with Crippen LogP contribution in [0.25, 0.3) is 11.0 Å². The predicted octanol–water partition coefficient (Wildman–Crippen LogP) is 1.40. The van der Waals surface area contributed by atoms with Crippen LogP contribution in [0.15, 0.2) is 41.2 Å². The summed E-state index contributed by atoms with van der Waals surface area (Å²) in [6.45, 7) is 2.66. The zero-order chi connectivity index (χ0) is 15.7. The maximum Gasteiger partial charge on any atom is 0.278 e. The van der Waals surface area contributed by atoms with Crippen LogP contribution in [0.4, 0.5) is 5.95 Å². The maximum absolute atomic E-state index is 12.3. The number of hydrogen-bond acceptors (Lipinski definition) is 4. The van der Waals surface area contributed by atoms with E-state index in [9.17, 15) is 9.59 Å². The van der Waals surface area contributed by atoms with E-state index in [4.69, 9.17) is 0 Å². The van der Waals surface area contributed by atoms with Gasteiger partial charge in [0.1, 0.15) is 5.69 Å². The average Bonchev–Trinajstić information content (AvgIpc) is 2.86. The molecule has 3 aromatic rings. The minimum absolute atomic E-state index is 0.164. The van der Waals surface area contributed by atoms with Crippen LogP contribution in [0.5, 0.6) is 0 Å². The number of para-hydroxylation sites is 2. The van der Waals surface area contributed by atoms with Crippen LogP contribution in [-0.2, 0) is 13.6 Å². The molecule has 0 saturated carbocycles. The highest BCUT2D eigenvalue weighted by Crippen LogP contribution is 2.19. The van der Waals surface area contributed by atoms with Crippen LogP contribution >= 0.6 is 0 Å². The first-order valence-electron chi connectivity index (χ1n) is 6.91. The second-order valence-corrected chi connectivity index (χ2v) is 4.80. The van der Waals surface area contributed by atoms with E-state index < -0.39 is 5.91 Å². The molecule has 1 N–H and O–H groups in total. The van der Waals surface area contributed by atoms with E-state index in [1.165, 1.54) is 19.2 Å². The van der Waals surface area contributed by atoms with Crippen molar-refractivity contribution in [3.63, 3.8) is 0 Å². The van der Waals surface area contributed by atoms with Crippen molar-refractivity contribution in [1.82, 2.24) is 19.3 Å². The van der Waals surface area contributed by atoms with E-state index >= 15 is 0 Å². The molecule has 2 heterocycles. The molecule has 0 spiro atoms. The molecule has 1 aromatic carbocycles. The average molecular weight is 297 g/mol. The van der Waals surface area contributed by atoms with Crippen LogP contribution in [0.3, 0.4) is 0 Å². The lowest BCUT2D eigenvalue weighted by molar-refractivity contribution is 0.101. The minimum atomic E-state index is -0.402. The third kappa shape index (κ3) is 2.37. The molecule has 112 valence electrons. The third-order valence-corrected chi connectivity index (χ3v) is 3.39. The van der Waals surface area contributed by atoms with E-state index in [2.05, 4.69) is 15.4 Å². The van der Waals surface area contributed by atoms with E-state index in [1.54, 1.807) is 0 Å². The quantitative estimate of drug-likeness (QED) is 0.792. The Hall–Kier alpha value is -2.96. The number of aromatic nitrogens is 4. The molecule has 7 heteroatoms. The second kappa shape index (κ2) is 5.44. The van der Waals surface area contributed by atoms with Gasteiger partial charge in [0.2, 0.25) is 5.95 Å². The van der Waals surface area contributed by atoms with Gasteiger partial charge in [-0.15, -0.1) is 0 Å². The van der Waals surface area contributed by atoms with Gasteiger partial charge in [-0.25, -0.2) is 9.67 Å². The van der Waals surface area contributed by atoms with Gasteiger partial charge in [0.05, 0.1) is 11.0 Å². The van der Waals surface area contributed by atoms with E-state index in [1.807, 2.05) is 35.8 Å². The Bertz CT molecular complexity index is 910. The lowest BCUT2D eigenvalue weighted by Gasteiger charge is -2.07. The lowest BCUT2D eigenvalue weighted by Crippen LogP contribution is -2.24. The summed E-state index contributed by atoms with van der Waals surface area (Å²) in [4.78, 5) is 28.0. The maximum atomic E-state index is 12.3. The molecule has 0 unspecified atom stereocenters. The molecule has 3 rings (SSSR count). The summed E-state index contributed by atoms with van der Waals surface area (Å²) in [7, 11) is 1.50. The standard InChI is InChI=1S/C15H15N5O2/c1-3-20-12-7-5-4-6-10(12)16-15(20)17-14(22)11-8-9-13(21)19(2)18-11/h4-9H,3H2,1-2H3,(H,16,17,22). The topological polar surface area (TPSA) is 81.8 Å². The van der Waals surface area contributed by atoms with Crippen LogP contribution in [-0.4, -0.2) is 25.2 Å². The molecular formula is C15H15N5O2. The van der Waals surface area contributed by atoms with Crippen LogP contribution < -0.4 is 10.9 Å². The molecule has 0 radical (unpaired) electrons. The number of amides is 1. The number of nitrogens with zero attached hydrogens (tertiary/aromatic N) is 4. The van der Waals surface area contributed by atoms with Crippen LogP contribution in [0.1, 0.15) is 17.4 Å². The van der Waals surface area contributed by atoms with Gasteiger partial charge < -0.3 is 4.57 Å². The largest absolute Gasteiger partial charge is 0.310 e. The first-order valence-corrected chi connectivity index (χ1v) is 6.91. The third-order valence-electron chi connectivity index (χ3n) is 3.39. The van der Waals surface area contributed by atoms with Gasteiger partial charge >= 0.3 is 0 Å². The van der Waals surface area contributed by atoms with Crippen molar-refractivity contribution in [2.45, 2.75) is 13.5 Å². The SMILES string of the molecule is CCn1c(NC(=O)c2ccc(=O)n(C)n2)nc2ccccc21. The molecule has 7 nitrogen and oxygen atoms in total. The Balaban J connectivity index is 1.97. The highest BCUT2D eigenvalue weighted by Gasteiger charge is 2.14. The van der Waals surface area contributed by atoms with Crippen molar-refractivity contribution in [2.75, 3.05) is 5.32 Å². The van der Waals surface area contributed by atoms with Gasteiger partial charge in [0, 0.05) is 19.7 Å². The fraction of sp³-hybridized carbons (Fsp3) is 0.200. The smallest absolute Gasteiger partial charge is 0.278 e. The number of imidazole rings is 1. The highest BCUT2D eigenvalue weighted by molar-refractivity contribution is 6.02. The van der Waals surface area contributed by atoms with Crippen molar-refractivity contribution < 1.29 is 4.79 Å². The number of carbonyl (C=O) groups is 1. The molecule has 0 aliphatic heterocycles. The highest BCUT2D eigenvalue weighted by atomic mass is 16.2. The molecule has 22 heavy (non-hydrogen) atoms. The van der Waals surface area contributed by atoms with Gasteiger partial charge in [-0.05, 0) is 25.1 Å². The summed E-state index contributed by atoms with van der Waals surface area (Å²) in [5.74, 6) is 0.0601. The van der Waals surface area contributed by atoms with E-state index in [-0.39, 0.29) is 11.3 Å². The Labute approximate surface area is 126 Å². The normalized spacial score (nSPS) is 10.8. The summed E-state index contributed by atoms with van der Waals surface area (Å²) in [6.07, 6.45) is 0. The molecule has 0 atom stereocenters. The first kappa shape index (κ1) is 14.0. The number of nitrogens with one attached hydrogen (secondary N) is 1. The van der Waals surface area contributed by atoms with Crippen LogP contribution in [0, 0.1) is 0 Å².